The minimum atomic E-state index is -1.21. The third-order valence-corrected chi connectivity index (χ3v) is 3.72. The molecule has 7 heteroatoms. The molecule has 0 spiro atoms. The Morgan fingerprint density at radius 2 is 2.05 bits per heavy atom. The van der Waals surface area contributed by atoms with E-state index in [4.69, 9.17) is 0 Å². The van der Waals surface area contributed by atoms with Crippen LogP contribution in [0.2, 0.25) is 0 Å². The number of anilines is 2. The van der Waals surface area contributed by atoms with Crippen LogP contribution >= 0.6 is 22.6 Å². The van der Waals surface area contributed by atoms with Gasteiger partial charge in [-0.1, -0.05) is 0 Å². The van der Waals surface area contributed by atoms with Crippen LogP contribution in [0.3, 0.4) is 0 Å². The quantitative estimate of drug-likeness (QED) is 0.589. The van der Waals surface area contributed by atoms with E-state index < -0.39 is 11.8 Å². The maximum Gasteiger partial charge on any atom is 0.338 e. The molecular weight excluding hydrogens is 388 g/mol. The number of aromatic carboxylic acids is 1. The number of carboxylic acid groups (broad SMARTS) is 1. The maximum absolute atomic E-state index is 14.5. The van der Waals surface area contributed by atoms with Gasteiger partial charge in [-0.15, -0.1) is 0 Å². The first-order valence-corrected chi connectivity index (χ1v) is 7.05. The predicted octanol–water partition coefficient (Wildman–Crippen LogP) is 3.75. The molecule has 0 fully saturated rings. The topological polar surface area (TPSA) is 78.0 Å². The number of nitrogens with one attached hydrogen (secondary N) is 2. The molecule has 0 amide bonds. The highest BCUT2D eigenvalue weighted by molar-refractivity contribution is 14.1. The van der Waals surface area contributed by atoms with Gasteiger partial charge in [0.1, 0.15) is 5.52 Å². The SMILES string of the molecule is O=C(O)c1cc2[nH]cnc2c(F)c1Nc1ccc(I)cc1. The van der Waals surface area contributed by atoms with Crippen molar-refractivity contribution < 1.29 is 14.3 Å². The molecule has 0 aliphatic carbocycles. The molecule has 0 saturated heterocycles. The van der Waals surface area contributed by atoms with E-state index in [1.54, 1.807) is 12.1 Å². The summed E-state index contributed by atoms with van der Waals surface area (Å²) in [5.41, 5.74) is 0.809. The van der Waals surface area contributed by atoms with E-state index in [2.05, 4.69) is 37.9 Å². The molecule has 1 aromatic heterocycles. The van der Waals surface area contributed by atoms with Crippen molar-refractivity contribution in [3.05, 3.63) is 51.6 Å². The number of hydrogen-bond acceptors (Lipinski definition) is 3. The zero-order chi connectivity index (χ0) is 15.0. The number of aromatic nitrogens is 2. The van der Waals surface area contributed by atoms with Crippen LogP contribution in [0.4, 0.5) is 15.8 Å². The number of aromatic amines is 1. The van der Waals surface area contributed by atoms with E-state index in [9.17, 15) is 14.3 Å². The second kappa shape index (κ2) is 5.32. The molecule has 0 aliphatic rings. The fourth-order valence-corrected chi connectivity index (χ4v) is 2.37. The summed E-state index contributed by atoms with van der Waals surface area (Å²) in [6.45, 7) is 0. The highest BCUT2D eigenvalue weighted by Crippen LogP contribution is 2.30. The molecule has 1 heterocycles. The number of carbonyl (C=O) groups is 1. The summed E-state index contributed by atoms with van der Waals surface area (Å²) in [5, 5.41) is 12.1. The van der Waals surface area contributed by atoms with Crippen LogP contribution in [0.15, 0.2) is 36.7 Å². The number of imidazole rings is 1. The lowest BCUT2D eigenvalue weighted by molar-refractivity contribution is 0.0697. The third kappa shape index (κ3) is 2.56. The summed E-state index contributed by atoms with van der Waals surface area (Å²) in [6, 6.07) is 8.55. The summed E-state index contributed by atoms with van der Waals surface area (Å²) in [7, 11) is 0. The zero-order valence-electron chi connectivity index (χ0n) is 10.5. The molecule has 0 unspecified atom stereocenters. The smallest absolute Gasteiger partial charge is 0.338 e. The number of H-pyrrole nitrogens is 1. The molecule has 106 valence electrons. The van der Waals surface area contributed by atoms with Gasteiger partial charge in [-0.25, -0.2) is 14.2 Å². The van der Waals surface area contributed by atoms with Crippen LogP contribution in [-0.2, 0) is 0 Å². The Kier molecular flexibility index (Phi) is 3.50. The van der Waals surface area contributed by atoms with Crippen molar-refractivity contribution >= 4 is 51.0 Å². The fourth-order valence-electron chi connectivity index (χ4n) is 2.01. The molecule has 0 bridgehead atoms. The van der Waals surface area contributed by atoms with Gasteiger partial charge in [-0.2, -0.15) is 0 Å². The molecule has 0 atom stereocenters. The van der Waals surface area contributed by atoms with Gasteiger partial charge in [0, 0.05) is 9.26 Å². The molecule has 21 heavy (non-hydrogen) atoms. The lowest BCUT2D eigenvalue weighted by atomic mass is 10.1. The molecule has 3 rings (SSSR count). The van der Waals surface area contributed by atoms with Gasteiger partial charge in [0.25, 0.3) is 0 Å². The summed E-state index contributed by atoms with van der Waals surface area (Å²) in [5.74, 6) is -1.90. The first kappa shape index (κ1) is 13.8. The van der Waals surface area contributed by atoms with Crippen LogP contribution in [-0.4, -0.2) is 21.0 Å². The van der Waals surface area contributed by atoms with Gasteiger partial charge in [0.15, 0.2) is 5.82 Å². The van der Waals surface area contributed by atoms with Crippen molar-refractivity contribution in [2.24, 2.45) is 0 Å². The Morgan fingerprint density at radius 3 is 2.71 bits per heavy atom. The average Bonchev–Trinajstić information content (AvgIpc) is 2.92. The van der Waals surface area contributed by atoms with E-state index in [1.165, 1.54) is 12.4 Å². The second-order valence-corrected chi connectivity index (χ2v) is 5.59. The van der Waals surface area contributed by atoms with E-state index in [1.807, 2.05) is 12.1 Å². The largest absolute Gasteiger partial charge is 0.478 e. The van der Waals surface area contributed by atoms with E-state index in [0.717, 1.165) is 3.57 Å². The van der Waals surface area contributed by atoms with Crippen LogP contribution in [0.1, 0.15) is 10.4 Å². The molecular formula is C14H9FIN3O2. The first-order chi connectivity index (χ1) is 10.1. The van der Waals surface area contributed by atoms with Gasteiger partial charge in [0.2, 0.25) is 0 Å². The molecule has 3 N–H and O–H groups in total. The van der Waals surface area contributed by atoms with Gasteiger partial charge in [-0.3, -0.25) is 0 Å². The van der Waals surface area contributed by atoms with Crippen molar-refractivity contribution in [2.75, 3.05) is 5.32 Å². The molecule has 0 radical (unpaired) electrons. The minimum Gasteiger partial charge on any atom is -0.478 e. The number of hydrogen-bond donors (Lipinski definition) is 3. The monoisotopic (exact) mass is 397 g/mol. The molecule has 0 saturated carbocycles. The Hall–Kier alpha value is -2.16. The van der Waals surface area contributed by atoms with Gasteiger partial charge in [-0.05, 0) is 52.9 Å². The van der Waals surface area contributed by atoms with Crippen LogP contribution in [0, 0.1) is 9.39 Å². The first-order valence-electron chi connectivity index (χ1n) is 5.97. The number of nitrogens with zero attached hydrogens (tertiary/aromatic N) is 1. The van der Waals surface area contributed by atoms with Gasteiger partial charge < -0.3 is 15.4 Å². The number of fused-ring (bicyclic) bond motifs is 1. The average molecular weight is 397 g/mol. The summed E-state index contributed by atoms with van der Waals surface area (Å²) in [6.07, 6.45) is 1.33. The Balaban J connectivity index is 2.15. The van der Waals surface area contributed by atoms with Crippen LogP contribution < -0.4 is 5.32 Å². The molecule has 2 aromatic carbocycles. The Bertz CT molecular complexity index is 830. The van der Waals surface area contributed by atoms with E-state index >= 15 is 0 Å². The number of halogens is 2. The molecule has 3 aromatic rings. The minimum absolute atomic E-state index is 0.0942. The number of rotatable bonds is 3. The van der Waals surface area contributed by atoms with Crippen LogP contribution in [0.25, 0.3) is 11.0 Å². The van der Waals surface area contributed by atoms with Gasteiger partial charge >= 0.3 is 5.97 Å². The van der Waals surface area contributed by atoms with Crippen molar-refractivity contribution in [3.8, 4) is 0 Å². The third-order valence-electron chi connectivity index (χ3n) is 3.00. The molecule has 5 nitrogen and oxygen atoms in total. The predicted molar refractivity (Wildman–Crippen MR) is 85.5 cm³/mol. The van der Waals surface area contributed by atoms with Crippen molar-refractivity contribution in [2.45, 2.75) is 0 Å². The lowest BCUT2D eigenvalue weighted by Gasteiger charge is -2.11. The van der Waals surface area contributed by atoms with Crippen molar-refractivity contribution in [3.63, 3.8) is 0 Å². The fraction of sp³-hybridized carbons (Fsp3) is 0. The standard InChI is InChI=1S/C14H9FIN3O2/c15-11-12(19-8-3-1-7(16)2-4-8)9(14(20)21)5-10-13(11)18-6-17-10/h1-6,19H,(H,17,18)(H,20,21). The Morgan fingerprint density at radius 1 is 1.33 bits per heavy atom. The van der Waals surface area contributed by atoms with Gasteiger partial charge in [0.05, 0.1) is 23.1 Å². The van der Waals surface area contributed by atoms with Crippen molar-refractivity contribution in [1.29, 1.82) is 0 Å². The number of benzene rings is 2. The number of carboxylic acids is 1. The van der Waals surface area contributed by atoms with E-state index in [0.29, 0.717) is 11.2 Å². The molecule has 0 aliphatic heterocycles. The van der Waals surface area contributed by atoms with Crippen molar-refractivity contribution in [1.82, 2.24) is 9.97 Å². The highest BCUT2D eigenvalue weighted by Gasteiger charge is 2.19. The van der Waals surface area contributed by atoms with E-state index in [-0.39, 0.29) is 16.8 Å². The maximum atomic E-state index is 14.5. The summed E-state index contributed by atoms with van der Waals surface area (Å²) >= 11 is 2.15. The summed E-state index contributed by atoms with van der Waals surface area (Å²) < 4.78 is 15.5. The highest BCUT2D eigenvalue weighted by atomic mass is 127. The lowest BCUT2D eigenvalue weighted by Crippen LogP contribution is -2.05. The summed E-state index contributed by atoms with van der Waals surface area (Å²) in [4.78, 5) is 17.9. The zero-order valence-corrected chi connectivity index (χ0v) is 12.7. The second-order valence-electron chi connectivity index (χ2n) is 4.35. The normalized spacial score (nSPS) is 10.8. The Labute approximate surface area is 132 Å². The van der Waals surface area contributed by atoms with Crippen LogP contribution in [0.5, 0.6) is 0 Å².